The topological polar surface area (TPSA) is 35.2 Å². The largest absolute Gasteiger partial charge is 0.496 e. The highest BCUT2D eigenvalue weighted by Gasteiger charge is 2.26. The van der Waals surface area contributed by atoms with Crippen LogP contribution in [-0.4, -0.2) is 7.11 Å². The van der Waals surface area contributed by atoms with Crippen molar-refractivity contribution in [1.82, 2.24) is 0 Å². The number of nitrogens with two attached hydrogens (primary N) is 1. The van der Waals surface area contributed by atoms with E-state index in [2.05, 4.69) is 32.0 Å². The van der Waals surface area contributed by atoms with Crippen LogP contribution >= 0.6 is 12.4 Å². The lowest BCUT2D eigenvalue weighted by Crippen LogP contribution is -2.13. The quantitative estimate of drug-likeness (QED) is 0.876. The van der Waals surface area contributed by atoms with Crippen LogP contribution in [0, 0.1) is 5.92 Å². The fraction of sp³-hybridized carbons (Fsp3) is 0.600. The second-order valence-corrected chi connectivity index (χ2v) is 5.44. The van der Waals surface area contributed by atoms with E-state index in [1.807, 2.05) is 0 Å². The highest BCUT2D eigenvalue weighted by Crippen LogP contribution is 2.39. The van der Waals surface area contributed by atoms with Crippen LogP contribution < -0.4 is 10.5 Å². The Morgan fingerprint density at radius 1 is 1.33 bits per heavy atom. The highest BCUT2D eigenvalue weighted by atomic mass is 35.5. The molecule has 0 unspecified atom stereocenters. The first-order valence-electron chi connectivity index (χ1n) is 6.55. The second-order valence-electron chi connectivity index (χ2n) is 5.44. The molecular formula is C15H24ClNO. The van der Waals surface area contributed by atoms with E-state index >= 15 is 0 Å². The van der Waals surface area contributed by atoms with Crippen molar-refractivity contribution in [2.45, 2.75) is 45.1 Å². The average molecular weight is 270 g/mol. The summed E-state index contributed by atoms with van der Waals surface area (Å²) in [6.07, 6.45) is 3.79. The van der Waals surface area contributed by atoms with Crippen LogP contribution in [0.4, 0.5) is 0 Å². The lowest BCUT2D eigenvalue weighted by atomic mass is 9.95. The number of hydrogen-bond acceptors (Lipinski definition) is 2. The summed E-state index contributed by atoms with van der Waals surface area (Å²) >= 11 is 0. The summed E-state index contributed by atoms with van der Waals surface area (Å²) in [6, 6.07) is 6.53. The molecule has 0 bridgehead atoms. The molecule has 3 heteroatoms. The maximum absolute atomic E-state index is 6.30. The second kappa shape index (κ2) is 6.44. The Balaban J connectivity index is 0.00000162. The molecule has 1 aromatic carbocycles. The third-order valence-electron chi connectivity index (χ3n) is 3.60. The van der Waals surface area contributed by atoms with Gasteiger partial charge in [0.1, 0.15) is 5.75 Å². The molecule has 0 saturated heterocycles. The number of ether oxygens (including phenoxy) is 1. The van der Waals surface area contributed by atoms with Crippen molar-refractivity contribution >= 4 is 12.4 Å². The first kappa shape index (κ1) is 15.3. The first-order chi connectivity index (χ1) is 8.11. The van der Waals surface area contributed by atoms with Gasteiger partial charge in [0, 0.05) is 11.6 Å². The number of methoxy groups -OCH3 is 1. The Hall–Kier alpha value is -0.730. The molecule has 2 nitrogen and oxygen atoms in total. The van der Waals surface area contributed by atoms with Gasteiger partial charge >= 0.3 is 0 Å². The molecule has 0 spiro atoms. The van der Waals surface area contributed by atoms with E-state index in [4.69, 9.17) is 10.5 Å². The van der Waals surface area contributed by atoms with Crippen LogP contribution in [-0.2, 0) is 0 Å². The summed E-state index contributed by atoms with van der Waals surface area (Å²) in [5.74, 6) is 2.31. The standard InChI is InChI=1S/C15H23NO.ClH/c1-10(2)12-6-7-15(17-3)13(9-12)14(16)8-11-4-5-11;/h6-7,9-11,14H,4-5,8,16H2,1-3H3;1H/t14-;/m1./s1. The molecule has 0 aromatic heterocycles. The zero-order valence-electron chi connectivity index (χ0n) is 11.5. The van der Waals surface area contributed by atoms with Crippen LogP contribution in [0.1, 0.15) is 56.2 Å². The zero-order chi connectivity index (χ0) is 12.4. The summed E-state index contributed by atoms with van der Waals surface area (Å²) in [5, 5.41) is 0. The third-order valence-corrected chi connectivity index (χ3v) is 3.60. The molecule has 1 atom stereocenters. The molecule has 0 aliphatic heterocycles. The van der Waals surface area contributed by atoms with Crippen molar-refractivity contribution < 1.29 is 4.74 Å². The smallest absolute Gasteiger partial charge is 0.123 e. The van der Waals surface area contributed by atoms with E-state index in [0.29, 0.717) is 5.92 Å². The molecule has 1 aromatic rings. The third kappa shape index (κ3) is 3.63. The normalized spacial score (nSPS) is 16.3. The summed E-state index contributed by atoms with van der Waals surface area (Å²) in [7, 11) is 1.72. The fourth-order valence-electron chi connectivity index (χ4n) is 2.24. The summed E-state index contributed by atoms with van der Waals surface area (Å²) in [5.41, 5.74) is 8.81. The Morgan fingerprint density at radius 2 is 2.00 bits per heavy atom. The molecule has 1 aliphatic rings. The van der Waals surface area contributed by atoms with Crippen LogP contribution in [0.25, 0.3) is 0 Å². The van der Waals surface area contributed by atoms with Crippen LogP contribution in [0.5, 0.6) is 5.75 Å². The van der Waals surface area contributed by atoms with Gasteiger partial charge < -0.3 is 10.5 Å². The molecule has 1 saturated carbocycles. The molecule has 18 heavy (non-hydrogen) atoms. The Bertz CT molecular complexity index is 388. The van der Waals surface area contributed by atoms with Crippen molar-refractivity contribution in [3.8, 4) is 5.75 Å². The lowest BCUT2D eigenvalue weighted by molar-refractivity contribution is 0.402. The monoisotopic (exact) mass is 269 g/mol. The Morgan fingerprint density at radius 3 is 2.50 bits per heavy atom. The lowest BCUT2D eigenvalue weighted by Gasteiger charge is -2.18. The summed E-state index contributed by atoms with van der Waals surface area (Å²) < 4.78 is 5.42. The fourth-order valence-corrected chi connectivity index (χ4v) is 2.24. The minimum absolute atomic E-state index is 0. The Labute approximate surface area is 116 Å². The number of hydrogen-bond donors (Lipinski definition) is 1. The number of rotatable bonds is 5. The predicted molar refractivity (Wildman–Crippen MR) is 78.6 cm³/mol. The number of benzene rings is 1. The van der Waals surface area contributed by atoms with E-state index in [0.717, 1.165) is 18.1 Å². The van der Waals surface area contributed by atoms with Gasteiger partial charge in [-0.05, 0) is 29.9 Å². The van der Waals surface area contributed by atoms with Crippen molar-refractivity contribution in [1.29, 1.82) is 0 Å². The molecule has 0 radical (unpaired) electrons. The van der Waals surface area contributed by atoms with E-state index in [1.165, 1.54) is 24.0 Å². The Kier molecular flexibility index (Phi) is 5.48. The van der Waals surface area contributed by atoms with Gasteiger partial charge in [-0.25, -0.2) is 0 Å². The average Bonchev–Trinajstić information content (AvgIpc) is 3.11. The van der Waals surface area contributed by atoms with Crippen LogP contribution in [0.2, 0.25) is 0 Å². The predicted octanol–water partition coefficient (Wildman–Crippen LogP) is 4.04. The van der Waals surface area contributed by atoms with Gasteiger partial charge in [-0.15, -0.1) is 12.4 Å². The van der Waals surface area contributed by atoms with Gasteiger partial charge in [0.05, 0.1) is 7.11 Å². The summed E-state index contributed by atoms with van der Waals surface area (Å²) in [4.78, 5) is 0. The van der Waals surface area contributed by atoms with E-state index in [-0.39, 0.29) is 18.4 Å². The molecule has 2 rings (SSSR count). The van der Waals surface area contributed by atoms with Crippen molar-refractivity contribution in [3.63, 3.8) is 0 Å². The molecule has 2 N–H and O–H groups in total. The molecule has 102 valence electrons. The SMILES string of the molecule is COc1ccc(C(C)C)cc1[C@H](N)CC1CC1.Cl. The van der Waals surface area contributed by atoms with Crippen molar-refractivity contribution in [2.24, 2.45) is 11.7 Å². The molecule has 0 amide bonds. The minimum atomic E-state index is 0. The molecule has 0 heterocycles. The van der Waals surface area contributed by atoms with Crippen LogP contribution in [0.3, 0.4) is 0 Å². The molecule has 1 aliphatic carbocycles. The van der Waals surface area contributed by atoms with E-state index in [1.54, 1.807) is 7.11 Å². The van der Waals surface area contributed by atoms with Gasteiger partial charge in [-0.1, -0.05) is 38.8 Å². The van der Waals surface area contributed by atoms with Crippen molar-refractivity contribution in [3.05, 3.63) is 29.3 Å². The molecular weight excluding hydrogens is 246 g/mol. The molecule has 1 fully saturated rings. The van der Waals surface area contributed by atoms with Gasteiger partial charge in [0.2, 0.25) is 0 Å². The zero-order valence-corrected chi connectivity index (χ0v) is 12.3. The van der Waals surface area contributed by atoms with Crippen molar-refractivity contribution in [2.75, 3.05) is 7.11 Å². The maximum Gasteiger partial charge on any atom is 0.123 e. The van der Waals surface area contributed by atoms with E-state index in [9.17, 15) is 0 Å². The van der Waals surface area contributed by atoms with Gasteiger partial charge in [-0.2, -0.15) is 0 Å². The highest BCUT2D eigenvalue weighted by molar-refractivity contribution is 5.85. The van der Waals surface area contributed by atoms with Gasteiger partial charge in [-0.3, -0.25) is 0 Å². The number of halogens is 1. The van der Waals surface area contributed by atoms with Crippen LogP contribution in [0.15, 0.2) is 18.2 Å². The maximum atomic E-state index is 6.30. The summed E-state index contributed by atoms with van der Waals surface area (Å²) in [6.45, 7) is 4.41. The van der Waals surface area contributed by atoms with Gasteiger partial charge in [0.25, 0.3) is 0 Å². The van der Waals surface area contributed by atoms with E-state index < -0.39 is 0 Å². The first-order valence-corrected chi connectivity index (χ1v) is 6.55. The minimum Gasteiger partial charge on any atom is -0.496 e. The van der Waals surface area contributed by atoms with Gasteiger partial charge in [0.15, 0.2) is 0 Å².